The number of nitrogens with one attached hydrogen (secondary N) is 3. The van der Waals surface area contributed by atoms with Gasteiger partial charge in [0.05, 0.1) is 11.9 Å². The smallest absolute Gasteiger partial charge is 0.250 e. The zero-order chi connectivity index (χ0) is 32.4. The molecule has 238 valence electrons. The Balaban J connectivity index is 1.28. The molecule has 10 heteroatoms. The Hall–Kier alpha value is -4.96. The number of H-pyrrole nitrogens is 1. The number of piperidine rings is 1. The van der Waals surface area contributed by atoms with Crippen LogP contribution in [0, 0.1) is 5.92 Å². The standard InChI is InChI=1S/C36H41N7O3/c1-23-14-16-42(17-15-23)34(45)32(26-13-12-24-8-4-5-9-25(24)18-26)43-21-31(39-22-43)41-33(44)30(40-35(46)36(2,3)37)19-27-20-38-29-11-7-6-10-28(27)29/h4-13,18,20-23,30,32,38H,14-17,19,37H2,1-3H3,(H,40,46)(H,41,44)/t30-,32?/m1/s1. The number of nitrogens with two attached hydrogens (primary N) is 1. The van der Waals surface area contributed by atoms with E-state index in [1.54, 1.807) is 30.9 Å². The maximum atomic E-state index is 14.1. The number of likely N-dealkylation sites (tertiary alicyclic amines) is 1. The van der Waals surface area contributed by atoms with E-state index in [1.165, 1.54) is 0 Å². The van der Waals surface area contributed by atoms with Crippen molar-refractivity contribution >= 4 is 45.2 Å². The lowest BCUT2D eigenvalue weighted by Gasteiger charge is -2.33. The average molecular weight is 620 g/mol. The van der Waals surface area contributed by atoms with Gasteiger partial charge in [0, 0.05) is 42.8 Å². The first-order chi connectivity index (χ1) is 22.1. The summed E-state index contributed by atoms with van der Waals surface area (Å²) in [6.45, 7) is 6.82. The molecule has 5 N–H and O–H groups in total. The average Bonchev–Trinajstić information content (AvgIpc) is 3.67. The van der Waals surface area contributed by atoms with Crippen LogP contribution in [0.25, 0.3) is 21.7 Å². The fourth-order valence-corrected chi connectivity index (χ4v) is 6.05. The Kier molecular flexibility index (Phi) is 8.64. The van der Waals surface area contributed by atoms with Gasteiger partial charge in [-0.25, -0.2) is 4.98 Å². The number of aromatic amines is 1. The lowest BCUT2D eigenvalue weighted by molar-refractivity contribution is -0.135. The van der Waals surface area contributed by atoms with Gasteiger partial charge in [0.2, 0.25) is 17.7 Å². The van der Waals surface area contributed by atoms with Crippen molar-refractivity contribution in [1.82, 2.24) is 24.8 Å². The summed E-state index contributed by atoms with van der Waals surface area (Å²) in [5.74, 6) is -0.0310. The predicted molar refractivity (Wildman–Crippen MR) is 180 cm³/mol. The molecule has 0 radical (unpaired) electrons. The van der Waals surface area contributed by atoms with Gasteiger partial charge in [-0.1, -0.05) is 61.5 Å². The van der Waals surface area contributed by atoms with Crippen molar-refractivity contribution in [2.45, 2.75) is 57.7 Å². The number of carbonyl (C=O) groups excluding carboxylic acids is 3. The van der Waals surface area contributed by atoms with Crippen LogP contribution < -0.4 is 16.4 Å². The molecule has 46 heavy (non-hydrogen) atoms. The lowest BCUT2D eigenvalue weighted by atomic mass is 9.96. The highest BCUT2D eigenvalue weighted by Crippen LogP contribution is 2.28. The lowest BCUT2D eigenvalue weighted by Crippen LogP contribution is -2.55. The van der Waals surface area contributed by atoms with Gasteiger partial charge in [-0.15, -0.1) is 0 Å². The summed E-state index contributed by atoms with van der Waals surface area (Å²) in [6.07, 6.45) is 7.27. The molecular formula is C36H41N7O3. The molecule has 5 aromatic rings. The summed E-state index contributed by atoms with van der Waals surface area (Å²) in [6, 6.07) is 20.3. The minimum atomic E-state index is -1.18. The summed E-state index contributed by atoms with van der Waals surface area (Å²) in [4.78, 5) is 50.4. The number of carbonyl (C=O) groups is 3. The van der Waals surface area contributed by atoms with Crippen molar-refractivity contribution in [3.8, 4) is 0 Å². The van der Waals surface area contributed by atoms with Gasteiger partial charge in [-0.05, 0) is 66.6 Å². The van der Waals surface area contributed by atoms with Crippen LogP contribution in [0.4, 0.5) is 5.82 Å². The fourth-order valence-electron chi connectivity index (χ4n) is 6.05. The van der Waals surface area contributed by atoms with Crippen molar-refractivity contribution in [1.29, 1.82) is 0 Å². The van der Waals surface area contributed by atoms with Crippen molar-refractivity contribution in [2.24, 2.45) is 11.7 Å². The van der Waals surface area contributed by atoms with E-state index < -0.39 is 29.4 Å². The van der Waals surface area contributed by atoms with Gasteiger partial charge < -0.3 is 30.8 Å². The fraction of sp³-hybridized carbons (Fsp3) is 0.333. The summed E-state index contributed by atoms with van der Waals surface area (Å²) >= 11 is 0. The Morgan fingerprint density at radius 2 is 1.74 bits per heavy atom. The second kappa shape index (κ2) is 12.8. The molecule has 0 aliphatic carbocycles. The summed E-state index contributed by atoms with van der Waals surface area (Å²) in [5, 5.41) is 8.81. The van der Waals surface area contributed by atoms with Crippen LogP contribution in [0.5, 0.6) is 0 Å². The SMILES string of the molecule is CC1CCN(C(=O)C(c2ccc3ccccc3c2)n2cnc(NC(=O)[C@@H](Cc3c[nH]c4ccccc34)NC(=O)C(C)(C)N)c2)CC1. The highest BCUT2D eigenvalue weighted by Gasteiger charge is 2.32. The Morgan fingerprint density at radius 1 is 1.02 bits per heavy atom. The Morgan fingerprint density at radius 3 is 2.50 bits per heavy atom. The molecule has 6 rings (SSSR count). The van der Waals surface area contributed by atoms with Gasteiger partial charge in [0.15, 0.2) is 5.82 Å². The molecule has 3 aromatic carbocycles. The number of hydrogen-bond acceptors (Lipinski definition) is 5. The highest BCUT2D eigenvalue weighted by molar-refractivity contribution is 5.98. The van der Waals surface area contributed by atoms with Crippen LogP contribution in [0.15, 0.2) is 85.5 Å². The van der Waals surface area contributed by atoms with E-state index in [4.69, 9.17) is 5.73 Å². The first kappa shape index (κ1) is 31.0. The minimum Gasteiger partial charge on any atom is -0.361 e. The number of para-hydroxylation sites is 1. The number of amides is 3. The first-order valence-corrected chi connectivity index (χ1v) is 15.8. The quantitative estimate of drug-likeness (QED) is 0.188. The Labute approximate surface area is 268 Å². The maximum Gasteiger partial charge on any atom is 0.250 e. The maximum absolute atomic E-state index is 14.1. The third-order valence-electron chi connectivity index (χ3n) is 8.88. The second-order valence-corrected chi connectivity index (χ2v) is 13.0. The molecule has 10 nitrogen and oxygen atoms in total. The molecule has 1 unspecified atom stereocenters. The van der Waals surface area contributed by atoms with Gasteiger partial charge in [0.25, 0.3) is 0 Å². The summed E-state index contributed by atoms with van der Waals surface area (Å²) < 4.78 is 1.76. The molecule has 2 aromatic heterocycles. The molecule has 0 bridgehead atoms. The zero-order valence-corrected chi connectivity index (χ0v) is 26.5. The van der Waals surface area contributed by atoms with Crippen molar-refractivity contribution in [2.75, 3.05) is 18.4 Å². The number of hydrogen-bond donors (Lipinski definition) is 4. The van der Waals surface area contributed by atoms with Crippen molar-refractivity contribution in [3.63, 3.8) is 0 Å². The molecule has 1 aliphatic heterocycles. The molecular weight excluding hydrogens is 578 g/mol. The molecule has 2 atom stereocenters. The minimum absolute atomic E-state index is 0.00730. The van der Waals surface area contributed by atoms with Crippen LogP contribution in [0.3, 0.4) is 0 Å². The second-order valence-electron chi connectivity index (χ2n) is 13.0. The number of rotatable bonds is 9. The molecule has 1 fully saturated rings. The summed E-state index contributed by atoms with van der Waals surface area (Å²) in [5.41, 5.74) is 7.55. The van der Waals surface area contributed by atoms with Crippen LogP contribution in [-0.2, 0) is 20.8 Å². The number of anilines is 1. The predicted octanol–water partition coefficient (Wildman–Crippen LogP) is 4.77. The van der Waals surface area contributed by atoms with Gasteiger partial charge in [-0.2, -0.15) is 0 Å². The van der Waals surface area contributed by atoms with Gasteiger partial charge >= 0.3 is 0 Å². The number of aromatic nitrogens is 3. The van der Waals surface area contributed by atoms with Crippen LogP contribution in [-0.4, -0.2) is 61.8 Å². The monoisotopic (exact) mass is 619 g/mol. The molecule has 1 aliphatic rings. The normalized spacial score (nSPS) is 15.5. The third-order valence-corrected chi connectivity index (χ3v) is 8.88. The number of nitrogens with zero attached hydrogens (tertiary/aromatic N) is 3. The van der Waals surface area contributed by atoms with E-state index in [-0.39, 0.29) is 18.1 Å². The van der Waals surface area contributed by atoms with E-state index in [0.717, 1.165) is 45.6 Å². The molecule has 1 saturated heterocycles. The largest absolute Gasteiger partial charge is 0.361 e. The first-order valence-electron chi connectivity index (χ1n) is 15.8. The molecule has 0 saturated carbocycles. The number of imidazole rings is 1. The number of fused-ring (bicyclic) bond motifs is 2. The van der Waals surface area contributed by atoms with Crippen LogP contribution in [0.2, 0.25) is 0 Å². The van der Waals surface area contributed by atoms with E-state index in [9.17, 15) is 14.4 Å². The van der Waals surface area contributed by atoms with E-state index in [1.807, 2.05) is 77.8 Å². The number of benzene rings is 3. The van der Waals surface area contributed by atoms with Crippen LogP contribution >= 0.6 is 0 Å². The topological polar surface area (TPSA) is 138 Å². The third kappa shape index (κ3) is 6.67. The van der Waals surface area contributed by atoms with E-state index in [2.05, 4.69) is 27.5 Å². The molecule has 3 heterocycles. The highest BCUT2D eigenvalue weighted by atomic mass is 16.2. The van der Waals surface area contributed by atoms with Gasteiger partial charge in [-0.3, -0.25) is 14.4 Å². The zero-order valence-electron chi connectivity index (χ0n) is 26.5. The van der Waals surface area contributed by atoms with Crippen LogP contribution in [0.1, 0.15) is 50.8 Å². The molecule has 3 amide bonds. The Bertz CT molecular complexity index is 1880. The van der Waals surface area contributed by atoms with E-state index in [0.29, 0.717) is 19.0 Å². The van der Waals surface area contributed by atoms with E-state index >= 15 is 0 Å². The molecule has 0 spiro atoms. The van der Waals surface area contributed by atoms with Crippen molar-refractivity contribution in [3.05, 3.63) is 96.6 Å². The van der Waals surface area contributed by atoms with Crippen molar-refractivity contribution < 1.29 is 14.4 Å². The summed E-state index contributed by atoms with van der Waals surface area (Å²) in [7, 11) is 0. The van der Waals surface area contributed by atoms with Gasteiger partial charge in [0.1, 0.15) is 12.1 Å².